The minimum atomic E-state index is 0.402. The lowest BCUT2D eigenvalue weighted by molar-refractivity contribution is 0.203. The van der Waals surface area contributed by atoms with Crippen LogP contribution in [0.5, 0.6) is 0 Å². The van der Waals surface area contributed by atoms with Crippen molar-refractivity contribution in [3.63, 3.8) is 0 Å². The van der Waals surface area contributed by atoms with Gasteiger partial charge in [-0.2, -0.15) is 0 Å². The Bertz CT molecular complexity index is 432. The van der Waals surface area contributed by atoms with Gasteiger partial charge in [-0.15, -0.1) is 0 Å². The highest BCUT2D eigenvalue weighted by molar-refractivity contribution is 5.52. The summed E-state index contributed by atoms with van der Waals surface area (Å²) < 4.78 is 5.26. The number of methoxy groups -OCH3 is 1. The number of anilines is 1. The predicted molar refractivity (Wildman–Crippen MR) is 90.1 cm³/mol. The Morgan fingerprint density at radius 1 is 1.33 bits per heavy atom. The first-order valence-electron chi connectivity index (χ1n) is 7.94. The first kappa shape index (κ1) is 17.9. The fraction of sp³-hybridized carbons (Fsp3) is 0.706. The van der Waals surface area contributed by atoms with Gasteiger partial charge in [-0.05, 0) is 52.3 Å². The van der Waals surface area contributed by atoms with E-state index < -0.39 is 0 Å². The summed E-state index contributed by atoms with van der Waals surface area (Å²) >= 11 is 0. The van der Waals surface area contributed by atoms with E-state index in [-0.39, 0.29) is 0 Å². The maximum Gasteiger partial charge on any atom is 0.133 e. The van der Waals surface area contributed by atoms with Crippen LogP contribution in [0.2, 0.25) is 0 Å². The minimum absolute atomic E-state index is 0.402. The fourth-order valence-electron chi connectivity index (χ4n) is 2.49. The molecule has 0 saturated carbocycles. The van der Waals surface area contributed by atoms with Gasteiger partial charge in [-0.1, -0.05) is 6.92 Å². The van der Waals surface area contributed by atoms with Crippen molar-refractivity contribution in [2.45, 2.75) is 53.6 Å². The largest absolute Gasteiger partial charge is 0.383 e. The van der Waals surface area contributed by atoms with Gasteiger partial charge in [0.1, 0.15) is 5.82 Å². The second-order valence-corrected chi connectivity index (χ2v) is 5.84. The second kappa shape index (κ2) is 9.00. The van der Waals surface area contributed by atoms with E-state index in [0.29, 0.717) is 12.6 Å². The number of nitrogens with one attached hydrogen (secondary N) is 1. The summed E-state index contributed by atoms with van der Waals surface area (Å²) in [6, 6.07) is 2.57. The standard InChI is InChI=1S/C17H31N3O/c1-7-8-18-12-16-14(4)11-15(5)19-17(16)20(13(2)3)9-10-21-6/h11,13,18H,7-10,12H2,1-6H3. The summed E-state index contributed by atoms with van der Waals surface area (Å²) in [5.74, 6) is 1.10. The first-order valence-corrected chi connectivity index (χ1v) is 7.94. The van der Waals surface area contributed by atoms with Crippen molar-refractivity contribution in [3.05, 3.63) is 22.9 Å². The molecule has 4 heteroatoms. The van der Waals surface area contributed by atoms with Crippen molar-refractivity contribution in [2.24, 2.45) is 0 Å². The van der Waals surface area contributed by atoms with E-state index in [1.165, 1.54) is 11.1 Å². The first-order chi connectivity index (χ1) is 10.0. The van der Waals surface area contributed by atoms with E-state index in [1.807, 2.05) is 0 Å². The zero-order chi connectivity index (χ0) is 15.8. The molecule has 0 atom stereocenters. The molecule has 0 aromatic carbocycles. The maximum absolute atomic E-state index is 5.26. The molecule has 0 aliphatic heterocycles. The van der Waals surface area contributed by atoms with E-state index in [9.17, 15) is 0 Å². The number of hydrogen-bond acceptors (Lipinski definition) is 4. The summed E-state index contributed by atoms with van der Waals surface area (Å²) in [5.41, 5.74) is 3.69. The van der Waals surface area contributed by atoms with Crippen molar-refractivity contribution < 1.29 is 4.74 Å². The van der Waals surface area contributed by atoms with Gasteiger partial charge in [-0.3, -0.25) is 0 Å². The molecule has 0 aliphatic carbocycles. The van der Waals surface area contributed by atoms with E-state index in [4.69, 9.17) is 9.72 Å². The van der Waals surface area contributed by atoms with Crippen LogP contribution in [0.3, 0.4) is 0 Å². The number of nitrogens with zero attached hydrogens (tertiary/aromatic N) is 2. The summed E-state index contributed by atoms with van der Waals surface area (Å²) in [4.78, 5) is 7.16. The van der Waals surface area contributed by atoms with Crippen LogP contribution >= 0.6 is 0 Å². The molecule has 0 bridgehead atoms. The van der Waals surface area contributed by atoms with Gasteiger partial charge in [0, 0.05) is 37.5 Å². The van der Waals surface area contributed by atoms with Crippen LogP contribution in [0.1, 0.15) is 44.0 Å². The van der Waals surface area contributed by atoms with Crippen LogP contribution in [0, 0.1) is 13.8 Å². The Kier molecular flexibility index (Phi) is 7.68. The topological polar surface area (TPSA) is 37.4 Å². The number of hydrogen-bond donors (Lipinski definition) is 1. The molecule has 0 unspecified atom stereocenters. The fourth-order valence-corrected chi connectivity index (χ4v) is 2.49. The summed E-state index contributed by atoms with van der Waals surface area (Å²) in [6.45, 7) is 14.3. The molecule has 1 heterocycles. The Hall–Kier alpha value is -1.13. The molecule has 1 aromatic rings. The molecule has 0 aliphatic rings. The van der Waals surface area contributed by atoms with E-state index in [2.05, 4.69) is 50.9 Å². The van der Waals surface area contributed by atoms with Crippen molar-refractivity contribution in [1.82, 2.24) is 10.3 Å². The summed E-state index contributed by atoms with van der Waals surface area (Å²) in [6.07, 6.45) is 1.14. The minimum Gasteiger partial charge on any atom is -0.383 e. The van der Waals surface area contributed by atoms with Crippen molar-refractivity contribution >= 4 is 5.82 Å². The molecule has 0 radical (unpaired) electrons. The van der Waals surface area contributed by atoms with Crippen molar-refractivity contribution in [2.75, 3.05) is 31.7 Å². The molecule has 1 aromatic heterocycles. The zero-order valence-electron chi connectivity index (χ0n) is 14.5. The lowest BCUT2D eigenvalue weighted by Crippen LogP contribution is -2.36. The monoisotopic (exact) mass is 293 g/mol. The van der Waals surface area contributed by atoms with Crippen molar-refractivity contribution in [3.8, 4) is 0 Å². The number of aryl methyl sites for hydroxylation is 2. The highest BCUT2D eigenvalue weighted by atomic mass is 16.5. The Morgan fingerprint density at radius 2 is 2.05 bits per heavy atom. The molecular weight excluding hydrogens is 262 g/mol. The normalized spacial score (nSPS) is 11.2. The average Bonchev–Trinajstić information content (AvgIpc) is 2.41. The van der Waals surface area contributed by atoms with E-state index in [0.717, 1.165) is 37.6 Å². The van der Waals surface area contributed by atoms with E-state index in [1.54, 1.807) is 7.11 Å². The number of aromatic nitrogens is 1. The lowest BCUT2D eigenvalue weighted by atomic mass is 10.1. The van der Waals surface area contributed by atoms with Gasteiger partial charge in [0.2, 0.25) is 0 Å². The van der Waals surface area contributed by atoms with Crippen molar-refractivity contribution in [1.29, 1.82) is 0 Å². The molecule has 0 amide bonds. The third-order valence-electron chi connectivity index (χ3n) is 3.61. The third-order valence-corrected chi connectivity index (χ3v) is 3.61. The third kappa shape index (κ3) is 5.29. The van der Waals surface area contributed by atoms with Crippen LogP contribution in [-0.4, -0.2) is 37.8 Å². The average molecular weight is 293 g/mol. The number of ether oxygens (including phenoxy) is 1. The SMILES string of the molecule is CCCNCc1c(C)cc(C)nc1N(CCOC)C(C)C. The Morgan fingerprint density at radius 3 is 2.62 bits per heavy atom. The van der Waals surface area contributed by atoms with Crippen LogP contribution in [-0.2, 0) is 11.3 Å². The van der Waals surface area contributed by atoms with Gasteiger partial charge in [0.25, 0.3) is 0 Å². The van der Waals surface area contributed by atoms with Gasteiger partial charge in [0.05, 0.1) is 6.61 Å². The van der Waals surface area contributed by atoms with Gasteiger partial charge in [0.15, 0.2) is 0 Å². The molecule has 120 valence electrons. The highest BCUT2D eigenvalue weighted by Gasteiger charge is 2.18. The molecule has 4 nitrogen and oxygen atoms in total. The van der Waals surface area contributed by atoms with Gasteiger partial charge < -0.3 is 15.0 Å². The van der Waals surface area contributed by atoms with Crippen LogP contribution < -0.4 is 10.2 Å². The molecule has 0 spiro atoms. The molecule has 0 saturated heterocycles. The predicted octanol–water partition coefficient (Wildman–Crippen LogP) is 3.06. The van der Waals surface area contributed by atoms with E-state index >= 15 is 0 Å². The quantitative estimate of drug-likeness (QED) is 0.710. The molecule has 0 fully saturated rings. The summed E-state index contributed by atoms with van der Waals surface area (Å²) in [5, 5.41) is 3.50. The lowest BCUT2D eigenvalue weighted by Gasteiger charge is -2.30. The zero-order valence-corrected chi connectivity index (χ0v) is 14.5. The maximum atomic E-state index is 5.26. The number of rotatable bonds is 9. The summed E-state index contributed by atoms with van der Waals surface area (Å²) in [7, 11) is 1.75. The Labute approximate surface area is 129 Å². The molecular formula is C17H31N3O. The second-order valence-electron chi connectivity index (χ2n) is 5.84. The van der Waals surface area contributed by atoms with Crippen LogP contribution in [0.25, 0.3) is 0 Å². The van der Waals surface area contributed by atoms with Gasteiger partial charge in [-0.25, -0.2) is 4.98 Å². The Balaban J connectivity index is 3.10. The van der Waals surface area contributed by atoms with Crippen LogP contribution in [0.15, 0.2) is 6.07 Å². The molecule has 21 heavy (non-hydrogen) atoms. The van der Waals surface area contributed by atoms with Gasteiger partial charge >= 0.3 is 0 Å². The number of pyridine rings is 1. The molecule has 1 N–H and O–H groups in total. The smallest absolute Gasteiger partial charge is 0.133 e. The van der Waals surface area contributed by atoms with Crippen LogP contribution in [0.4, 0.5) is 5.82 Å². The molecule has 1 rings (SSSR count). The highest BCUT2D eigenvalue weighted by Crippen LogP contribution is 2.24.